The van der Waals surface area contributed by atoms with Crippen molar-refractivity contribution in [2.75, 3.05) is 19.8 Å². The molecule has 0 aromatic rings. The predicted molar refractivity (Wildman–Crippen MR) is 113 cm³/mol. The van der Waals surface area contributed by atoms with E-state index < -0.39 is 24.4 Å². The van der Waals surface area contributed by atoms with Gasteiger partial charge in [-0.2, -0.15) is 0 Å². The third-order valence-electron chi connectivity index (χ3n) is 5.56. The zero-order valence-corrected chi connectivity index (χ0v) is 17.8. The van der Waals surface area contributed by atoms with Crippen LogP contribution in [0.15, 0.2) is 12.7 Å². The normalized spacial score (nSPS) is 23.2. The van der Waals surface area contributed by atoms with Crippen molar-refractivity contribution >= 4 is 0 Å². The molecule has 0 radical (unpaired) electrons. The summed E-state index contributed by atoms with van der Waals surface area (Å²) in [5, 5.41) is 29.0. The summed E-state index contributed by atoms with van der Waals surface area (Å²) < 4.78 is 10.7. The van der Waals surface area contributed by atoms with Crippen molar-refractivity contribution in [1.29, 1.82) is 0 Å². The molecule has 166 valence electrons. The first-order valence-electron chi connectivity index (χ1n) is 11.5. The van der Waals surface area contributed by atoms with Crippen LogP contribution in [0.3, 0.4) is 0 Å². The molecule has 1 aliphatic heterocycles. The molecule has 1 saturated heterocycles. The van der Waals surface area contributed by atoms with Gasteiger partial charge in [0.2, 0.25) is 0 Å². The number of allylic oxidation sites excluding steroid dienone is 1. The number of aliphatic hydroxyl groups excluding tert-OH is 3. The van der Waals surface area contributed by atoms with E-state index in [2.05, 4.69) is 6.58 Å². The molecule has 1 rings (SSSR count). The molecule has 0 aromatic carbocycles. The van der Waals surface area contributed by atoms with Crippen molar-refractivity contribution in [1.82, 2.24) is 0 Å². The highest BCUT2D eigenvalue weighted by atomic mass is 16.5. The van der Waals surface area contributed by atoms with Crippen LogP contribution in [0.4, 0.5) is 0 Å². The minimum absolute atomic E-state index is 0.0684. The lowest BCUT2D eigenvalue weighted by molar-refractivity contribution is -0.0813. The summed E-state index contributed by atoms with van der Waals surface area (Å²) >= 11 is 0. The van der Waals surface area contributed by atoms with Crippen LogP contribution < -0.4 is 0 Å². The SMILES string of the molecule is C=CCCCCCCCCCCCCCCCOC[C@@H](O)[C@@H]1OC[C@H](O)[C@@H]1O. The van der Waals surface area contributed by atoms with E-state index >= 15 is 0 Å². The number of hydrogen-bond acceptors (Lipinski definition) is 5. The largest absolute Gasteiger partial charge is 0.388 e. The van der Waals surface area contributed by atoms with Crippen LogP contribution >= 0.6 is 0 Å². The first-order chi connectivity index (χ1) is 13.7. The molecule has 0 bridgehead atoms. The van der Waals surface area contributed by atoms with Crippen LogP contribution in [0.1, 0.15) is 89.9 Å². The average molecular weight is 401 g/mol. The molecule has 1 fully saturated rings. The molecule has 5 heteroatoms. The number of hydrogen-bond donors (Lipinski definition) is 3. The fourth-order valence-corrected chi connectivity index (χ4v) is 3.70. The summed E-state index contributed by atoms with van der Waals surface area (Å²) in [6, 6.07) is 0. The summed E-state index contributed by atoms with van der Waals surface area (Å²) in [6.07, 6.45) is 16.6. The second-order valence-corrected chi connectivity index (χ2v) is 8.17. The van der Waals surface area contributed by atoms with Gasteiger partial charge in [0.05, 0.1) is 13.2 Å². The van der Waals surface area contributed by atoms with Crippen molar-refractivity contribution in [2.24, 2.45) is 0 Å². The van der Waals surface area contributed by atoms with E-state index in [0.29, 0.717) is 6.61 Å². The third-order valence-corrected chi connectivity index (χ3v) is 5.56. The Balaban J connectivity index is 1.76. The molecule has 1 heterocycles. The summed E-state index contributed by atoms with van der Waals surface area (Å²) in [5.41, 5.74) is 0. The quantitative estimate of drug-likeness (QED) is 0.224. The molecule has 0 aliphatic carbocycles. The van der Waals surface area contributed by atoms with Crippen LogP contribution in [0, 0.1) is 0 Å². The Morgan fingerprint density at radius 1 is 0.857 bits per heavy atom. The molecular formula is C23H44O5. The summed E-state index contributed by atoms with van der Waals surface area (Å²) in [4.78, 5) is 0. The lowest BCUT2D eigenvalue weighted by Crippen LogP contribution is -2.40. The maximum atomic E-state index is 9.94. The van der Waals surface area contributed by atoms with Gasteiger partial charge in [0.1, 0.15) is 24.4 Å². The summed E-state index contributed by atoms with van der Waals surface area (Å²) in [7, 11) is 0. The van der Waals surface area contributed by atoms with Gasteiger partial charge in [-0.3, -0.25) is 0 Å². The third kappa shape index (κ3) is 12.2. The Morgan fingerprint density at radius 3 is 1.82 bits per heavy atom. The van der Waals surface area contributed by atoms with E-state index in [1.54, 1.807) is 0 Å². The number of aliphatic hydroxyl groups is 3. The molecule has 28 heavy (non-hydrogen) atoms. The molecule has 1 aliphatic rings. The monoisotopic (exact) mass is 400 g/mol. The highest BCUT2D eigenvalue weighted by molar-refractivity contribution is 4.87. The Kier molecular flexibility index (Phi) is 15.9. The molecular weight excluding hydrogens is 356 g/mol. The standard InChI is InChI=1S/C23H44O5/c1-2-3-4-5-6-7-8-9-10-11-12-13-14-15-16-17-27-18-21(25)23-22(26)20(24)19-28-23/h2,20-26H,1,3-19H2/t20-,21+,22-,23-/m0/s1. The molecule has 0 spiro atoms. The highest BCUT2D eigenvalue weighted by Crippen LogP contribution is 2.18. The summed E-state index contributed by atoms with van der Waals surface area (Å²) in [6.45, 7) is 4.59. The van der Waals surface area contributed by atoms with Crippen molar-refractivity contribution in [3.8, 4) is 0 Å². The van der Waals surface area contributed by atoms with Crippen LogP contribution in [-0.2, 0) is 9.47 Å². The number of ether oxygens (including phenoxy) is 2. The second kappa shape index (κ2) is 17.4. The van der Waals surface area contributed by atoms with Gasteiger partial charge >= 0.3 is 0 Å². The van der Waals surface area contributed by atoms with Gasteiger partial charge in [-0.15, -0.1) is 6.58 Å². The van der Waals surface area contributed by atoms with Crippen LogP contribution in [0.2, 0.25) is 0 Å². The maximum absolute atomic E-state index is 9.94. The van der Waals surface area contributed by atoms with Gasteiger partial charge in [-0.25, -0.2) is 0 Å². The van der Waals surface area contributed by atoms with Crippen molar-refractivity contribution in [3.63, 3.8) is 0 Å². The fraction of sp³-hybridized carbons (Fsp3) is 0.913. The van der Waals surface area contributed by atoms with Crippen LogP contribution in [0.5, 0.6) is 0 Å². The van der Waals surface area contributed by atoms with E-state index in [1.807, 2.05) is 6.08 Å². The predicted octanol–water partition coefficient (Wildman–Crippen LogP) is 4.13. The Hall–Kier alpha value is -0.460. The lowest BCUT2D eigenvalue weighted by Gasteiger charge is -2.20. The zero-order chi connectivity index (χ0) is 20.5. The van der Waals surface area contributed by atoms with Gasteiger partial charge < -0.3 is 24.8 Å². The fourth-order valence-electron chi connectivity index (χ4n) is 3.70. The maximum Gasteiger partial charge on any atom is 0.114 e. The van der Waals surface area contributed by atoms with E-state index in [-0.39, 0.29) is 13.2 Å². The van der Waals surface area contributed by atoms with E-state index in [1.165, 1.54) is 77.0 Å². The Labute approximate surface area is 172 Å². The Bertz CT molecular complexity index is 363. The minimum Gasteiger partial charge on any atom is -0.388 e. The zero-order valence-electron chi connectivity index (χ0n) is 17.8. The van der Waals surface area contributed by atoms with Crippen molar-refractivity contribution in [3.05, 3.63) is 12.7 Å². The second-order valence-electron chi connectivity index (χ2n) is 8.17. The van der Waals surface area contributed by atoms with Crippen LogP contribution in [-0.4, -0.2) is 59.6 Å². The molecule has 3 N–H and O–H groups in total. The first-order valence-corrected chi connectivity index (χ1v) is 11.5. The van der Waals surface area contributed by atoms with E-state index in [4.69, 9.17) is 9.47 Å². The van der Waals surface area contributed by atoms with Gasteiger partial charge in [0, 0.05) is 6.61 Å². The summed E-state index contributed by atoms with van der Waals surface area (Å²) in [5.74, 6) is 0. The minimum atomic E-state index is -1.03. The smallest absolute Gasteiger partial charge is 0.114 e. The number of unbranched alkanes of at least 4 members (excludes halogenated alkanes) is 13. The lowest BCUT2D eigenvalue weighted by atomic mass is 10.0. The molecule has 0 unspecified atom stereocenters. The van der Waals surface area contributed by atoms with Crippen molar-refractivity contribution < 1.29 is 24.8 Å². The molecule has 0 amide bonds. The first kappa shape index (κ1) is 25.6. The molecule has 0 saturated carbocycles. The number of rotatable bonds is 19. The highest BCUT2D eigenvalue weighted by Gasteiger charge is 2.39. The van der Waals surface area contributed by atoms with Crippen LogP contribution in [0.25, 0.3) is 0 Å². The van der Waals surface area contributed by atoms with Gasteiger partial charge in [-0.1, -0.05) is 76.7 Å². The van der Waals surface area contributed by atoms with E-state index in [0.717, 1.165) is 12.8 Å². The average Bonchev–Trinajstić information content (AvgIpc) is 3.03. The van der Waals surface area contributed by atoms with Gasteiger partial charge in [-0.05, 0) is 19.3 Å². The molecule has 4 atom stereocenters. The Morgan fingerprint density at radius 2 is 1.36 bits per heavy atom. The van der Waals surface area contributed by atoms with Gasteiger partial charge in [0.25, 0.3) is 0 Å². The van der Waals surface area contributed by atoms with Crippen molar-refractivity contribution in [2.45, 2.75) is 114 Å². The molecule has 0 aromatic heterocycles. The van der Waals surface area contributed by atoms with E-state index in [9.17, 15) is 15.3 Å². The van der Waals surface area contributed by atoms with Gasteiger partial charge in [0.15, 0.2) is 0 Å². The molecule has 5 nitrogen and oxygen atoms in total. The topological polar surface area (TPSA) is 79.2 Å².